The first-order valence-electron chi connectivity index (χ1n) is 6.48. The second-order valence-electron chi connectivity index (χ2n) is 4.78. The molecule has 3 rings (SSSR count). The fourth-order valence-corrected chi connectivity index (χ4v) is 2.20. The Kier molecular flexibility index (Phi) is 3.39. The van der Waals surface area contributed by atoms with Crippen LogP contribution >= 0.6 is 0 Å². The number of aromatic nitrogens is 3. The summed E-state index contributed by atoms with van der Waals surface area (Å²) in [5.74, 6) is -1.93. The van der Waals surface area contributed by atoms with Gasteiger partial charge in [-0.05, 0) is 42.8 Å². The van der Waals surface area contributed by atoms with Crippen LogP contribution < -0.4 is 0 Å². The van der Waals surface area contributed by atoms with E-state index in [4.69, 9.17) is 0 Å². The van der Waals surface area contributed by atoms with Crippen molar-refractivity contribution in [3.63, 3.8) is 0 Å². The van der Waals surface area contributed by atoms with Gasteiger partial charge in [-0.1, -0.05) is 17.3 Å². The second kappa shape index (κ2) is 5.37. The van der Waals surface area contributed by atoms with E-state index in [1.54, 1.807) is 6.07 Å². The van der Waals surface area contributed by atoms with Crippen LogP contribution in [0.25, 0.3) is 16.9 Å². The highest BCUT2D eigenvalue weighted by Gasteiger charge is 2.17. The smallest absolute Gasteiger partial charge is 0.191 e. The molecule has 2 aromatic carbocycles. The van der Waals surface area contributed by atoms with Gasteiger partial charge in [0.15, 0.2) is 17.3 Å². The van der Waals surface area contributed by atoms with Crippen molar-refractivity contribution in [2.75, 3.05) is 0 Å². The third-order valence-electron chi connectivity index (χ3n) is 3.22. The zero-order valence-corrected chi connectivity index (χ0v) is 11.6. The zero-order valence-electron chi connectivity index (χ0n) is 11.6. The molecule has 22 heavy (non-hydrogen) atoms. The largest absolute Gasteiger partial charge is 0.211 e. The summed E-state index contributed by atoms with van der Waals surface area (Å²) in [5, 5.41) is 16.9. The Morgan fingerprint density at radius 1 is 1.09 bits per heavy atom. The van der Waals surface area contributed by atoms with E-state index in [-0.39, 0.29) is 5.69 Å². The van der Waals surface area contributed by atoms with Crippen LogP contribution in [0.4, 0.5) is 8.78 Å². The van der Waals surface area contributed by atoms with E-state index in [1.165, 1.54) is 10.7 Å². The number of benzene rings is 2. The number of nitriles is 1. The van der Waals surface area contributed by atoms with Gasteiger partial charge in [-0.2, -0.15) is 5.26 Å². The Morgan fingerprint density at radius 3 is 2.59 bits per heavy atom. The molecule has 6 heteroatoms. The SMILES string of the molecule is Cc1cccc(-n2nnc(C#N)c2-c2ccc(F)c(F)c2)c1. The molecule has 0 radical (unpaired) electrons. The normalized spacial score (nSPS) is 10.5. The summed E-state index contributed by atoms with van der Waals surface area (Å²) in [5.41, 5.74) is 2.40. The Bertz CT molecular complexity index is 893. The molecule has 0 aliphatic rings. The van der Waals surface area contributed by atoms with Gasteiger partial charge in [0.05, 0.1) is 5.69 Å². The number of halogens is 2. The molecule has 0 atom stereocenters. The molecule has 0 spiro atoms. The minimum atomic E-state index is -0.988. The number of nitrogens with zero attached hydrogens (tertiary/aromatic N) is 4. The lowest BCUT2D eigenvalue weighted by Gasteiger charge is -2.08. The molecule has 4 nitrogen and oxygen atoms in total. The third kappa shape index (κ3) is 2.33. The van der Waals surface area contributed by atoms with E-state index in [0.717, 1.165) is 17.7 Å². The van der Waals surface area contributed by atoms with Crippen molar-refractivity contribution in [1.82, 2.24) is 15.0 Å². The number of rotatable bonds is 2. The predicted octanol–water partition coefficient (Wildman–Crippen LogP) is 3.39. The topological polar surface area (TPSA) is 54.5 Å². The van der Waals surface area contributed by atoms with Gasteiger partial charge in [-0.15, -0.1) is 5.10 Å². The van der Waals surface area contributed by atoms with Crippen molar-refractivity contribution >= 4 is 0 Å². The van der Waals surface area contributed by atoms with Crippen molar-refractivity contribution in [2.45, 2.75) is 6.92 Å². The maximum atomic E-state index is 13.5. The molecule has 0 saturated carbocycles. The van der Waals surface area contributed by atoms with Gasteiger partial charge < -0.3 is 0 Å². The molecule has 0 N–H and O–H groups in total. The van der Waals surface area contributed by atoms with E-state index < -0.39 is 11.6 Å². The lowest BCUT2D eigenvalue weighted by Crippen LogP contribution is -2.00. The van der Waals surface area contributed by atoms with Crippen LogP contribution in [-0.4, -0.2) is 15.0 Å². The highest BCUT2D eigenvalue weighted by molar-refractivity contribution is 5.67. The van der Waals surface area contributed by atoms with Gasteiger partial charge in [0.2, 0.25) is 0 Å². The van der Waals surface area contributed by atoms with Crippen molar-refractivity contribution in [3.05, 3.63) is 65.4 Å². The lowest BCUT2D eigenvalue weighted by atomic mass is 10.1. The fraction of sp³-hybridized carbons (Fsp3) is 0.0625. The first-order chi connectivity index (χ1) is 10.6. The molecule has 0 aliphatic heterocycles. The van der Waals surface area contributed by atoms with Crippen LogP contribution in [0.3, 0.4) is 0 Å². The molecule has 108 valence electrons. The minimum Gasteiger partial charge on any atom is -0.211 e. The third-order valence-corrected chi connectivity index (χ3v) is 3.22. The van der Waals surface area contributed by atoms with E-state index in [0.29, 0.717) is 16.9 Å². The standard InChI is InChI=1S/C16H10F2N4/c1-10-3-2-4-12(7-10)22-16(15(9-19)20-21-22)11-5-6-13(17)14(18)8-11/h2-8H,1H3. The van der Waals surface area contributed by atoms with Crippen molar-refractivity contribution in [3.8, 4) is 23.0 Å². The zero-order chi connectivity index (χ0) is 15.7. The molecule has 0 fully saturated rings. The van der Waals surface area contributed by atoms with Gasteiger partial charge in [0.1, 0.15) is 11.8 Å². The Labute approximate surface area is 125 Å². The predicted molar refractivity (Wildman–Crippen MR) is 76.2 cm³/mol. The van der Waals surface area contributed by atoms with Gasteiger partial charge in [-0.3, -0.25) is 0 Å². The second-order valence-corrected chi connectivity index (χ2v) is 4.78. The first kappa shape index (κ1) is 13.9. The van der Waals surface area contributed by atoms with Gasteiger partial charge in [0, 0.05) is 5.56 Å². The van der Waals surface area contributed by atoms with Crippen molar-refractivity contribution in [1.29, 1.82) is 5.26 Å². The van der Waals surface area contributed by atoms with E-state index in [9.17, 15) is 14.0 Å². The molecule has 0 saturated heterocycles. The average Bonchev–Trinajstić information content (AvgIpc) is 2.94. The maximum Gasteiger partial charge on any atom is 0.191 e. The summed E-state index contributed by atoms with van der Waals surface area (Å²) >= 11 is 0. The molecule has 0 bridgehead atoms. The maximum absolute atomic E-state index is 13.5. The van der Waals surface area contributed by atoms with Crippen LogP contribution in [0.15, 0.2) is 42.5 Å². The molecule has 1 aromatic heterocycles. The highest BCUT2D eigenvalue weighted by atomic mass is 19.2. The Balaban J connectivity index is 2.24. The summed E-state index contributed by atoms with van der Waals surface area (Å²) in [4.78, 5) is 0. The van der Waals surface area contributed by atoms with Gasteiger partial charge in [0.25, 0.3) is 0 Å². The van der Waals surface area contributed by atoms with Crippen LogP contribution in [0.2, 0.25) is 0 Å². The molecule has 0 amide bonds. The van der Waals surface area contributed by atoms with Crippen molar-refractivity contribution < 1.29 is 8.78 Å². The van der Waals surface area contributed by atoms with Crippen LogP contribution in [0.1, 0.15) is 11.3 Å². The Morgan fingerprint density at radius 2 is 1.91 bits per heavy atom. The molecule has 0 aliphatic carbocycles. The minimum absolute atomic E-state index is 0.0486. The summed E-state index contributed by atoms with van der Waals surface area (Å²) in [6, 6.07) is 12.8. The average molecular weight is 296 g/mol. The monoisotopic (exact) mass is 296 g/mol. The first-order valence-corrected chi connectivity index (χ1v) is 6.48. The number of hydrogen-bond donors (Lipinski definition) is 0. The number of aryl methyl sites for hydroxylation is 1. The molecular weight excluding hydrogens is 286 g/mol. The molecule has 1 heterocycles. The molecule has 0 unspecified atom stereocenters. The molecule has 3 aromatic rings. The summed E-state index contributed by atoms with van der Waals surface area (Å²) in [7, 11) is 0. The molecular formula is C16H10F2N4. The fourth-order valence-electron chi connectivity index (χ4n) is 2.20. The van der Waals surface area contributed by atoms with Crippen LogP contribution in [-0.2, 0) is 0 Å². The lowest BCUT2D eigenvalue weighted by molar-refractivity contribution is 0.509. The van der Waals surface area contributed by atoms with Crippen LogP contribution in [0, 0.1) is 29.9 Å². The summed E-state index contributed by atoms with van der Waals surface area (Å²) < 4.78 is 28.1. The van der Waals surface area contributed by atoms with E-state index >= 15 is 0 Å². The van der Waals surface area contributed by atoms with Crippen LogP contribution in [0.5, 0.6) is 0 Å². The highest BCUT2D eigenvalue weighted by Crippen LogP contribution is 2.26. The van der Waals surface area contributed by atoms with Gasteiger partial charge >= 0.3 is 0 Å². The van der Waals surface area contributed by atoms with Gasteiger partial charge in [-0.25, -0.2) is 13.5 Å². The van der Waals surface area contributed by atoms with Crippen molar-refractivity contribution in [2.24, 2.45) is 0 Å². The Hall–Kier alpha value is -3.07. The van der Waals surface area contributed by atoms with E-state index in [2.05, 4.69) is 10.3 Å². The number of hydrogen-bond acceptors (Lipinski definition) is 3. The van der Waals surface area contributed by atoms with E-state index in [1.807, 2.05) is 31.2 Å². The quantitative estimate of drug-likeness (QED) is 0.728. The summed E-state index contributed by atoms with van der Waals surface area (Å²) in [6.45, 7) is 1.92. The summed E-state index contributed by atoms with van der Waals surface area (Å²) in [6.07, 6.45) is 0.